The van der Waals surface area contributed by atoms with E-state index in [1.807, 2.05) is 0 Å². The van der Waals surface area contributed by atoms with E-state index in [1.165, 1.54) is 18.1 Å². The molecular formula is C18H40O3Si2. The van der Waals surface area contributed by atoms with Gasteiger partial charge in [0.25, 0.3) is 14.3 Å². The molecule has 0 aromatic heterocycles. The third-order valence-electron chi connectivity index (χ3n) is 5.31. The lowest BCUT2D eigenvalue weighted by Crippen LogP contribution is -2.38. The first kappa shape index (κ1) is 22.7. The Balaban J connectivity index is 4.62. The SMILES string of the molecule is CC[Si](CC)(CC)OCCOC(O[Si](CC)(CC)CC)=C(C)C. The molecule has 138 valence electrons. The van der Waals surface area contributed by atoms with E-state index in [9.17, 15) is 0 Å². The maximum Gasteiger partial charge on any atom is 0.263 e. The fourth-order valence-electron chi connectivity index (χ4n) is 2.89. The van der Waals surface area contributed by atoms with Crippen molar-refractivity contribution in [3.05, 3.63) is 11.5 Å². The normalized spacial score (nSPS) is 12.2. The molecule has 0 atom stereocenters. The largest absolute Gasteiger partial charge is 0.519 e. The van der Waals surface area contributed by atoms with Gasteiger partial charge in [0.15, 0.2) is 8.32 Å². The van der Waals surface area contributed by atoms with Gasteiger partial charge in [-0.25, -0.2) is 0 Å². The molecule has 0 heterocycles. The molecule has 0 unspecified atom stereocenters. The molecule has 0 saturated heterocycles. The van der Waals surface area contributed by atoms with Crippen LogP contribution in [0.25, 0.3) is 0 Å². The highest BCUT2D eigenvalue weighted by Gasteiger charge is 2.32. The molecule has 0 aliphatic rings. The second-order valence-electron chi connectivity index (χ2n) is 6.57. The van der Waals surface area contributed by atoms with Gasteiger partial charge in [-0.15, -0.1) is 0 Å². The van der Waals surface area contributed by atoms with Crippen molar-refractivity contribution in [3.8, 4) is 0 Å². The Bertz CT molecular complexity index is 328. The highest BCUT2D eigenvalue weighted by Crippen LogP contribution is 2.27. The Morgan fingerprint density at radius 2 is 1.09 bits per heavy atom. The zero-order valence-electron chi connectivity index (χ0n) is 16.9. The third kappa shape index (κ3) is 7.02. The molecular weight excluding hydrogens is 320 g/mol. The Morgan fingerprint density at radius 3 is 1.43 bits per heavy atom. The average Bonchev–Trinajstić information content (AvgIpc) is 2.58. The molecule has 0 aromatic carbocycles. The van der Waals surface area contributed by atoms with Crippen LogP contribution in [0.2, 0.25) is 36.3 Å². The number of allylic oxidation sites excluding steroid dienone is 1. The second-order valence-corrected chi connectivity index (χ2v) is 16.0. The Labute approximate surface area is 147 Å². The van der Waals surface area contributed by atoms with E-state index < -0.39 is 16.6 Å². The van der Waals surface area contributed by atoms with Crippen molar-refractivity contribution >= 4 is 16.6 Å². The molecule has 23 heavy (non-hydrogen) atoms. The maximum atomic E-state index is 6.41. The molecule has 0 saturated carbocycles. The standard InChI is InChI=1S/C18H40O3Si2/c1-9-22(10-2,11-3)20-16-15-19-18(17(7)8)21-23(12-4,13-5)14-6/h9-16H2,1-8H3. The van der Waals surface area contributed by atoms with Gasteiger partial charge >= 0.3 is 0 Å². The van der Waals surface area contributed by atoms with Crippen molar-refractivity contribution in [2.24, 2.45) is 0 Å². The Morgan fingerprint density at radius 1 is 0.652 bits per heavy atom. The molecule has 0 radical (unpaired) electrons. The molecule has 0 amide bonds. The van der Waals surface area contributed by atoms with E-state index in [2.05, 4.69) is 55.4 Å². The van der Waals surface area contributed by atoms with Crippen LogP contribution in [0.3, 0.4) is 0 Å². The van der Waals surface area contributed by atoms with Crippen molar-refractivity contribution in [2.45, 2.75) is 91.7 Å². The molecule has 0 aliphatic carbocycles. The number of rotatable bonds is 13. The lowest BCUT2D eigenvalue weighted by atomic mass is 10.4. The summed E-state index contributed by atoms with van der Waals surface area (Å²) in [5.74, 6) is 0.752. The third-order valence-corrected chi connectivity index (χ3v) is 14.5. The van der Waals surface area contributed by atoms with Crippen LogP contribution in [-0.2, 0) is 13.6 Å². The summed E-state index contributed by atoms with van der Waals surface area (Å²) in [6.07, 6.45) is 0. The summed E-state index contributed by atoms with van der Waals surface area (Å²) in [6.45, 7) is 18.9. The first-order chi connectivity index (χ1) is 10.9. The molecule has 0 aliphatic heterocycles. The van der Waals surface area contributed by atoms with Crippen molar-refractivity contribution in [1.82, 2.24) is 0 Å². The summed E-state index contributed by atoms with van der Waals surface area (Å²) in [4.78, 5) is 0. The van der Waals surface area contributed by atoms with Crippen molar-refractivity contribution in [1.29, 1.82) is 0 Å². The molecule has 0 rings (SSSR count). The smallest absolute Gasteiger partial charge is 0.263 e. The minimum absolute atomic E-state index is 0.594. The summed E-state index contributed by atoms with van der Waals surface area (Å²) in [6, 6.07) is 6.95. The van der Waals surface area contributed by atoms with Crippen LogP contribution < -0.4 is 0 Å². The predicted molar refractivity (Wildman–Crippen MR) is 106 cm³/mol. The monoisotopic (exact) mass is 360 g/mol. The maximum absolute atomic E-state index is 6.41. The highest BCUT2D eigenvalue weighted by molar-refractivity contribution is 6.74. The molecule has 0 aromatic rings. The molecule has 3 nitrogen and oxygen atoms in total. The molecule has 0 fully saturated rings. The van der Waals surface area contributed by atoms with E-state index in [1.54, 1.807) is 0 Å². The molecule has 5 heteroatoms. The lowest BCUT2D eigenvalue weighted by Gasteiger charge is -2.31. The van der Waals surface area contributed by atoms with Crippen LogP contribution in [0.15, 0.2) is 11.5 Å². The predicted octanol–water partition coefficient (Wildman–Crippen LogP) is 6.30. The zero-order valence-corrected chi connectivity index (χ0v) is 18.9. The van der Waals surface area contributed by atoms with Crippen molar-refractivity contribution in [2.75, 3.05) is 13.2 Å². The number of ether oxygens (including phenoxy) is 1. The number of hydrogen-bond acceptors (Lipinski definition) is 3. The second kappa shape index (κ2) is 11.3. The van der Waals surface area contributed by atoms with Crippen LogP contribution in [0, 0.1) is 0 Å². The highest BCUT2D eigenvalue weighted by atomic mass is 28.4. The first-order valence-corrected chi connectivity index (χ1v) is 14.6. The summed E-state index contributed by atoms with van der Waals surface area (Å²) in [5, 5.41) is 0. The minimum atomic E-state index is -1.68. The topological polar surface area (TPSA) is 27.7 Å². The molecule has 0 bridgehead atoms. The first-order valence-electron chi connectivity index (χ1n) is 9.51. The van der Waals surface area contributed by atoms with Crippen LogP contribution in [0.4, 0.5) is 0 Å². The van der Waals surface area contributed by atoms with E-state index in [-0.39, 0.29) is 0 Å². The van der Waals surface area contributed by atoms with E-state index in [0.717, 1.165) is 29.7 Å². The molecule has 0 N–H and O–H groups in total. The van der Waals surface area contributed by atoms with E-state index >= 15 is 0 Å². The summed E-state index contributed by atoms with van der Waals surface area (Å²) >= 11 is 0. The van der Waals surface area contributed by atoms with Gasteiger partial charge in [-0.3, -0.25) is 0 Å². The lowest BCUT2D eigenvalue weighted by molar-refractivity contribution is 0.0717. The molecule has 0 spiro atoms. The fraction of sp³-hybridized carbons (Fsp3) is 0.889. The van der Waals surface area contributed by atoms with Gasteiger partial charge in [0.05, 0.1) is 6.61 Å². The zero-order chi connectivity index (χ0) is 17.9. The van der Waals surface area contributed by atoms with Crippen molar-refractivity contribution < 1.29 is 13.6 Å². The average molecular weight is 361 g/mol. The van der Waals surface area contributed by atoms with Gasteiger partial charge in [0.1, 0.15) is 6.61 Å². The van der Waals surface area contributed by atoms with Gasteiger partial charge in [-0.1, -0.05) is 41.5 Å². The fourth-order valence-corrected chi connectivity index (χ4v) is 8.11. The summed E-state index contributed by atoms with van der Waals surface area (Å²) < 4.78 is 18.7. The van der Waals surface area contributed by atoms with E-state index in [0.29, 0.717) is 13.2 Å². The van der Waals surface area contributed by atoms with Gasteiger partial charge in [-0.2, -0.15) is 0 Å². The summed E-state index contributed by atoms with van der Waals surface area (Å²) in [5.41, 5.74) is 1.13. The van der Waals surface area contributed by atoms with Crippen LogP contribution in [0.1, 0.15) is 55.4 Å². The van der Waals surface area contributed by atoms with Gasteiger partial charge < -0.3 is 13.6 Å². The Kier molecular flexibility index (Phi) is 11.2. The quantitative estimate of drug-likeness (QED) is 0.219. The van der Waals surface area contributed by atoms with Gasteiger partial charge in [-0.05, 0) is 50.1 Å². The van der Waals surface area contributed by atoms with Gasteiger partial charge in [0, 0.05) is 5.57 Å². The summed E-state index contributed by atoms with van der Waals surface area (Å²) in [7, 11) is -3.19. The van der Waals surface area contributed by atoms with Crippen molar-refractivity contribution in [3.63, 3.8) is 0 Å². The Hall–Kier alpha value is -0.266. The number of hydrogen-bond donors (Lipinski definition) is 0. The van der Waals surface area contributed by atoms with Gasteiger partial charge in [0.2, 0.25) is 0 Å². The van der Waals surface area contributed by atoms with Crippen LogP contribution in [0.5, 0.6) is 0 Å². The van der Waals surface area contributed by atoms with E-state index in [4.69, 9.17) is 13.6 Å². The van der Waals surface area contributed by atoms with Crippen LogP contribution in [-0.4, -0.2) is 29.8 Å². The minimum Gasteiger partial charge on any atom is -0.519 e. The van der Waals surface area contributed by atoms with Crippen LogP contribution >= 0.6 is 0 Å².